The van der Waals surface area contributed by atoms with Gasteiger partial charge in [-0.3, -0.25) is 5.32 Å². The number of methoxy groups -OCH3 is 1. The maximum Gasteiger partial charge on any atom is 0.412 e. The molecule has 1 amide bonds. The Bertz CT molecular complexity index is 678. The van der Waals surface area contributed by atoms with Gasteiger partial charge in [-0.2, -0.15) is 0 Å². The summed E-state index contributed by atoms with van der Waals surface area (Å²) in [5.74, 6) is 1.15. The van der Waals surface area contributed by atoms with E-state index in [9.17, 15) is 4.79 Å². The molecule has 128 valence electrons. The number of anilines is 1. The molecule has 2 rings (SSSR count). The monoisotopic (exact) mass is 329 g/mol. The van der Waals surface area contributed by atoms with Crippen LogP contribution in [-0.4, -0.2) is 18.8 Å². The topological polar surface area (TPSA) is 56.8 Å². The van der Waals surface area contributed by atoms with Crippen LogP contribution >= 0.6 is 0 Å². The van der Waals surface area contributed by atoms with Gasteiger partial charge in [-0.15, -0.1) is 0 Å². The molecule has 5 heteroatoms. The number of rotatable bonds is 5. The van der Waals surface area contributed by atoms with Crippen molar-refractivity contribution in [2.75, 3.05) is 12.4 Å². The van der Waals surface area contributed by atoms with Crippen LogP contribution in [0, 0.1) is 0 Å². The second kappa shape index (κ2) is 7.73. The Kier molecular flexibility index (Phi) is 5.68. The van der Waals surface area contributed by atoms with Gasteiger partial charge in [0.15, 0.2) is 11.5 Å². The summed E-state index contributed by atoms with van der Waals surface area (Å²) in [4.78, 5) is 11.9. The van der Waals surface area contributed by atoms with Gasteiger partial charge in [0.1, 0.15) is 12.2 Å². The second-order valence-electron chi connectivity index (χ2n) is 6.27. The van der Waals surface area contributed by atoms with Gasteiger partial charge in [0.2, 0.25) is 0 Å². The van der Waals surface area contributed by atoms with Crippen molar-refractivity contribution >= 4 is 11.8 Å². The Labute approximate surface area is 142 Å². The molecule has 0 heterocycles. The van der Waals surface area contributed by atoms with Gasteiger partial charge in [-0.05, 0) is 38.5 Å². The normalized spacial score (nSPS) is 10.8. The van der Waals surface area contributed by atoms with E-state index in [1.54, 1.807) is 25.3 Å². The van der Waals surface area contributed by atoms with Crippen LogP contribution < -0.4 is 14.8 Å². The van der Waals surface area contributed by atoms with Crippen molar-refractivity contribution in [2.45, 2.75) is 33.0 Å². The van der Waals surface area contributed by atoms with E-state index in [1.807, 2.05) is 51.1 Å². The second-order valence-corrected chi connectivity index (χ2v) is 6.27. The van der Waals surface area contributed by atoms with E-state index in [0.29, 0.717) is 23.8 Å². The van der Waals surface area contributed by atoms with Gasteiger partial charge in [0.25, 0.3) is 0 Å². The number of benzene rings is 2. The van der Waals surface area contributed by atoms with Gasteiger partial charge >= 0.3 is 6.09 Å². The van der Waals surface area contributed by atoms with E-state index in [2.05, 4.69) is 5.32 Å². The molecule has 0 saturated heterocycles. The van der Waals surface area contributed by atoms with Crippen molar-refractivity contribution in [3.63, 3.8) is 0 Å². The van der Waals surface area contributed by atoms with Crippen molar-refractivity contribution in [3.8, 4) is 11.5 Å². The maximum absolute atomic E-state index is 11.9. The van der Waals surface area contributed by atoms with E-state index in [1.165, 1.54) is 0 Å². The zero-order valence-corrected chi connectivity index (χ0v) is 14.5. The Balaban J connectivity index is 2.08. The van der Waals surface area contributed by atoms with Crippen molar-refractivity contribution in [2.24, 2.45) is 0 Å². The molecule has 0 aliphatic carbocycles. The molecule has 0 aliphatic rings. The minimum atomic E-state index is -0.552. The van der Waals surface area contributed by atoms with Crippen LogP contribution in [0.4, 0.5) is 10.5 Å². The quantitative estimate of drug-likeness (QED) is 0.869. The van der Waals surface area contributed by atoms with E-state index >= 15 is 0 Å². The summed E-state index contributed by atoms with van der Waals surface area (Å²) >= 11 is 0. The minimum absolute atomic E-state index is 0.410. The highest BCUT2D eigenvalue weighted by Gasteiger charge is 2.17. The zero-order valence-electron chi connectivity index (χ0n) is 14.5. The number of carbonyl (C=O) groups is 1. The Morgan fingerprint density at radius 3 is 2.38 bits per heavy atom. The van der Waals surface area contributed by atoms with Gasteiger partial charge in [-0.1, -0.05) is 30.3 Å². The number of hydrogen-bond donors (Lipinski definition) is 1. The largest absolute Gasteiger partial charge is 0.493 e. The van der Waals surface area contributed by atoms with Crippen LogP contribution in [0.1, 0.15) is 26.3 Å². The number of carbonyl (C=O) groups excluding carboxylic acids is 1. The molecule has 0 saturated carbocycles. The number of nitrogens with one attached hydrogen (secondary N) is 1. The molecule has 0 fully saturated rings. The van der Waals surface area contributed by atoms with Crippen LogP contribution in [-0.2, 0) is 11.3 Å². The highest BCUT2D eigenvalue weighted by Crippen LogP contribution is 2.31. The number of ether oxygens (including phenoxy) is 3. The zero-order chi connectivity index (χ0) is 17.6. The molecular formula is C19H23NO4. The summed E-state index contributed by atoms with van der Waals surface area (Å²) in [6.07, 6.45) is -0.512. The summed E-state index contributed by atoms with van der Waals surface area (Å²) in [5, 5.41) is 2.69. The highest BCUT2D eigenvalue weighted by atomic mass is 16.6. The lowest BCUT2D eigenvalue weighted by Crippen LogP contribution is -2.27. The van der Waals surface area contributed by atoms with Crippen LogP contribution in [0.5, 0.6) is 11.5 Å². The first-order valence-electron chi connectivity index (χ1n) is 7.72. The van der Waals surface area contributed by atoms with Crippen LogP contribution in [0.2, 0.25) is 0 Å². The molecule has 0 radical (unpaired) electrons. The predicted molar refractivity (Wildman–Crippen MR) is 93.6 cm³/mol. The van der Waals surface area contributed by atoms with Gasteiger partial charge in [0, 0.05) is 11.8 Å². The fourth-order valence-electron chi connectivity index (χ4n) is 2.02. The third-order valence-corrected chi connectivity index (χ3v) is 3.05. The summed E-state index contributed by atoms with van der Waals surface area (Å²) in [6, 6.07) is 15.0. The van der Waals surface area contributed by atoms with Gasteiger partial charge in [0.05, 0.1) is 7.11 Å². The fraction of sp³-hybridized carbons (Fsp3) is 0.316. The fourth-order valence-corrected chi connectivity index (χ4v) is 2.02. The summed E-state index contributed by atoms with van der Waals surface area (Å²) in [7, 11) is 1.58. The average Bonchev–Trinajstić information content (AvgIpc) is 2.52. The molecular weight excluding hydrogens is 306 g/mol. The van der Waals surface area contributed by atoms with Crippen molar-refractivity contribution in [1.29, 1.82) is 0 Å². The molecule has 0 atom stereocenters. The Morgan fingerprint density at radius 2 is 1.75 bits per heavy atom. The standard InChI is InChI=1S/C19H23NO4/c1-19(2,3)24-18(21)20-15-10-11-16(22-4)17(12-15)23-13-14-8-6-5-7-9-14/h5-12H,13H2,1-4H3,(H,20,21). The SMILES string of the molecule is COc1ccc(NC(=O)OC(C)(C)C)cc1OCc1ccccc1. The summed E-state index contributed by atoms with van der Waals surface area (Å²) < 4.78 is 16.4. The number of hydrogen-bond acceptors (Lipinski definition) is 4. The van der Waals surface area contributed by atoms with Crippen LogP contribution in [0.3, 0.4) is 0 Å². The van der Waals surface area contributed by atoms with Crippen molar-refractivity contribution in [1.82, 2.24) is 0 Å². The van der Waals surface area contributed by atoms with Crippen LogP contribution in [0.25, 0.3) is 0 Å². The molecule has 0 aromatic heterocycles. The molecule has 0 spiro atoms. The number of amides is 1. The van der Waals surface area contributed by atoms with E-state index in [-0.39, 0.29) is 0 Å². The molecule has 0 bridgehead atoms. The smallest absolute Gasteiger partial charge is 0.412 e. The molecule has 0 aliphatic heterocycles. The Hall–Kier alpha value is -2.69. The van der Waals surface area contributed by atoms with E-state index < -0.39 is 11.7 Å². The third-order valence-electron chi connectivity index (χ3n) is 3.05. The van der Waals surface area contributed by atoms with Gasteiger partial charge < -0.3 is 14.2 Å². The average molecular weight is 329 g/mol. The molecule has 0 unspecified atom stereocenters. The van der Waals surface area contributed by atoms with Crippen molar-refractivity contribution < 1.29 is 19.0 Å². The van der Waals surface area contributed by atoms with Crippen LogP contribution in [0.15, 0.2) is 48.5 Å². The Morgan fingerprint density at radius 1 is 1.04 bits per heavy atom. The summed E-state index contributed by atoms with van der Waals surface area (Å²) in [5.41, 5.74) is 1.07. The molecule has 2 aromatic carbocycles. The first-order valence-corrected chi connectivity index (χ1v) is 7.72. The predicted octanol–water partition coefficient (Wildman–Crippen LogP) is 4.62. The summed E-state index contributed by atoms with van der Waals surface area (Å²) in [6.45, 7) is 5.85. The van der Waals surface area contributed by atoms with E-state index in [4.69, 9.17) is 14.2 Å². The van der Waals surface area contributed by atoms with Gasteiger partial charge in [-0.25, -0.2) is 4.79 Å². The lowest BCUT2D eigenvalue weighted by Gasteiger charge is -2.20. The highest BCUT2D eigenvalue weighted by molar-refractivity contribution is 5.85. The van der Waals surface area contributed by atoms with E-state index in [0.717, 1.165) is 5.56 Å². The third kappa shape index (κ3) is 5.50. The first-order chi connectivity index (χ1) is 11.4. The van der Waals surface area contributed by atoms with Crippen molar-refractivity contribution in [3.05, 3.63) is 54.1 Å². The molecule has 24 heavy (non-hydrogen) atoms. The molecule has 1 N–H and O–H groups in total. The lowest BCUT2D eigenvalue weighted by atomic mass is 10.2. The lowest BCUT2D eigenvalue weighted by molar-refractivity contribution is 0.0636. The molecule has 2 aromatic rings. The maximum atomic E-state index is 11.9. The minimum Gasteiger partial charge on any atom is -0.493 e. The molecule has 5 nitrogen and oxygen atoms in total. The first kappa shape index (κ1) is 17.7.